The van der Waals surface area contributed by atoms with Gasteiger partial charge in [-0.1, -0.05) is 54.6 Å². The lowest BCUT2D eigenvalue weighted by Crippen LogP contribution is -2.40. The van der Waals surface area contributed by atoms with Gasteiger partial charge in [0.05, 0.1) is 19.4 Å². The molecule has 0 bridgehead atoms. The average Bonchev–Trinajstić information content (AvgIpc) is 3.35. The average molecular weight is 485 g/mol. The third-order valence-corrected chi connectivity index (χ3v) is 5.56. The Hall–Kier alpha value is -4.43. The molecule has 0 saturated heterocycles. The molecule has 0 fully saturated rings. The Morgan fingerprint density at radius 3 is 2.36 bits per heavy atom. The first-order chi connectivity index (χ1) is 17.6. The molecule has 36 heavy (non-hydrogen) atoms. The Kier molecular flexibility index (Phi) is 8.10. The van der Waals surface area contributed by atoms with Gasteiger partial charge in [-0.25, -0.2) is 4.98 Å². The highest BCUT2D eigenvalue weighted by molar-refractivity contribution is 5.99. The number of carbonyl (C=O) groups is 2. The molecule has 1 aromatic heterocycles. The molecule has 0 aliphatic rings. The van der Waals surface area contributed by atoms with Crippen molar-refractivity contribution in [1.82, 2.24) is 14.5 Å². The molecule has 0 aliphatic carbocycles. The summed E-state index contributed by atoms with van der Waals surface area (Å²) >= 11 is 0. The van der Waals surface area contributed by atoms with Crippen molar-refractivity contribution in [3.8, 4) is 22.7 Å². The Morgan fingerprint density at radius 2 is 1.67 bits per heavy atom. The van der Waals surface area contributed by atoms with Gasteiger partial charge in [-0.2, -0.15) is 0 Å². The Balaban J connectivity index is 1.58. The molecule has 0 unspecified atom stereocenters. The second-order valence-corrected chi connectivity index (χ2v) is 8.02. The van der Waals surface area contributed by atoms with Gasteiger partial charge in [-0.15, -0.1) is 0 Å². The van der Waals surface area contributed by atoms with E-state index in [1.54, 1.807) is 31.4 Å². The molecule has 1 N–H and O–H groups in total. The summed E-state index contributed by atoms with van der Waals surface area (Å²) in [5, 5.41) is 2.89. The van der Waals surface area contributed by atoms with Gasteiger partial charge in [0.1, 0.15) is 12.3 Å². The minimum absolute atomic E-state index is 0.165. The second kappa shape index (κ2) is 11.8. The quantitative estimate of drug-likeness (QED) is 0.363. The number of rotatable bonds is 10. The maximum absolute atomic E-state index is 13.2. The number of benzene rings is 3. The van der Waals surface area contributed by atoms with E-state index in [0.29, 0.717) is 23.9 Å². The first-order valence-corrected chi connectivity index (χ1v) is 11.5. The zero-order valence-electron chi connectivity index (χ0n) is 20.3. The van der Waals surface area contributed by atoms with E-state index >= 15 is 0 Å². The predicted molar refractivity (Wildman–Crippen MR) is 138 cm³/mol. The van der Waals surface area contributed by atoms with E-state index in [4.69, 9.17) is 9.47 Å². The standard InChI is InChI=1S/C28H28N4O4/c1-35-17-16-31(27(34)22-12-9-15-24(18-22)36-2)20-26(33)30-28-29-25(21-10-5-3-6-11-21)19-32(28)23-13-7-4-8-14-23/h3-15,18-19H,16-17,20H2,1-2H3,(H,29,30,33). The van der Waals surface area contributed by atoms with E-state index in [2.05, 4.69) is 10.3 Å². The lowest BCUT2D eigenvalue weighted by molar-refractivity contribution is -0.117. The van der Waals surface area contributed by atoms with E-state index in [-0.39, 0.29) is 24.9 Å². The van der Waals surface area contributed by atoms with Crippen LogP contribution in [-0.2, 0) is 9.53 Å². The van der Waals surface area contributed by atoms with Crippen LogP contribution in [0.4, 0.5) is 5.95 Å². The molecule has 1 heterocycles. The zero-order chi connectivity index (χ0) is 25.3. The van der Waals surface area contributed by atoms with E-state index in [9.17, 15) is 9.59 Å². The fourth-order valence-electron chi connectivity index (χ4n) is 3.73. The molecule has 8 heteroatoms. The van der Waals surface area contributed by atoms with Gasteiger partial charge in [0, 0.05) is 36.7 Å². The number of para-hydroxylation sites is 1. The molecule has 4 rings (SSSR count). The van der Waals surface area contributed by atoms with E-state index in [0.717, 1.165) is 16.9 Å². The molecule has 0 spiro atoms. The van der Waals surface area contributed by atoms with Crippen LogP contribution in [0.25, 0.3) is 16.9 Å². The molecule has 3 aromatic carbocycles. The largest absolute Gasteiger partial charge is 0.497 e. The van der Waals surface area contributed by atoms with Crippen LogP contribution < -0.4 is 10.1 Å². The van der Waals surface area contributed by atoms with Crippen LogP contribution in [0.1, 0.15) is 10.4 Å². The van der Waals surface area contributed by atoms with Gasteiger partial charge in [0.15, 0.2) is 0 Å². The number of nitrogens with one attached hydrogen (secondary N) is 1. The van der Waals surface area contributed by atoms with Crippen LogP contribution in [0.15, 0.2) is 91.1 Å². The number of anilines is 1. The normalized spacial score (nSPS) is 10.6. The highest BCUT2D eigenvalue weighted by Crippen LogP contribution is 2.24. The van der Waals surface area contributed by atoms with Gasteiger partial charge in [-0.05, 0) is 30.3 Å². The van der Waals surface area contributed by atoms with Crippen molar-refractivity contribution >= 4 is 17.8 Å². The molecule has 4 aromatic rings. The first-order valence-electron chi connectivity index (χ1n) is 11.5. The van der Waals surface area contributed by atoms with Crippen molar-refractivity contribution in [3.63, 3.8) is 0 Å². The zero-order valence-corrected chi connectivity index (χ0v) is 20.3. The van der Waals surface area contributed by atoms with Gasteiger partial charge < -0.3 is 14.4 Å². The lowest BCUT2D eigenvalue weighted by Gasteiger charge is -2.22. The fourth-order valence-corrected chi connectivity index (χ4v) is 3.73. The Labute approximate surface area is 210 Å². The molecule has 184 valence electrons. The van der Waals surface area contributed by atoms with Crippen molar-refractivity contribution in [2.75, 3.05) is 39.2 Å². The van der Waals surface area contributed by atoms with Crippen LogP contribution in [-0.4, -0.2) is 60.2 Å². The highest BCUT2D eigenvalue weighted by atomic mass is 16.5. The molecular weight excluding hydrogens is 456 g/mol. The molecular formula is C28H28N4O4. The Morgan fingerprint density at radius 1 is 0.944 bits per heavy atom. The second-order valence-electron chi connectivity index (χ2n) is 8.02. The summed E-state index contributed by atoms with van der Waals surface area (Å²) in [7, 11) is 3.09. The van der Waals surface area contributed by atoms with Crippen LogP contribution in [0.2, 0.25) is 0 Å². The topological polar surface area (TPSA) is 85.7 Å². The minimum atomic E-state index is -0.371. The summed E-state index contributed by atoms with van der Waals surface area (Å²) in [6, 6.07) is 26.2. The maximum Gasteiger partial charge on any atom is 0.254 e. The summed E-state index contributed by atoms with van der Waals surface area (Å²) in [6.45, 7) is 0.379. The van der Waals surface area contributed by atoms with Crippen molar-refractivity contribution in [3.05, 3.63) is 96.7 Å². The molecule has 0 aliphatic heterocycles. The van der Waals surface area contributed by atoms with Crippen LogP contribution >= 0.6 is 0 Å². The maximum atomic E-state index is 13.2. The van der Waals surface area contributed by atoms with Crippen LogP contribution in [0, 0.1) is 0 Å². The van der Waals surface area contributed by atoms with Gasteiger partial charge in [-0.3, -0.25) is 19.5 Å². The van der Waals surface area contributed by atoms with Crippen molar-refractivity contribution in [1.29, 1.82) is 0 Å². The van der Waals surface area contributed by atoms with Crippen molar-refractivity contribution in [2.45, 2.75) is 0 Å². The lowest BCUT2D eigenvalue weighted by atomic mass is 10.2. The number of amides is 2. The summed E-state index contributed by atoms with van der Waals surface area (Å²) in [5.41, 5.74) is 2.93. The predicted octanol–water partition coefficient (Wildman–Crippen LogP) is 4.28. The number of aromatic nitrogens is 2. The molecule has 0 atom stereocenters. The summed E-state index contributed by atoms with van der Waals surface area (Å²) in [6.07, 6.45) is 1.88. The van der Waals surface area contributed by atoms with Crippen LogP contribution in [0.3, 0.4) is 0 Å². The number of methoxy groups -OCH3 is 2. The molecule has 2 amide bonds. The third kappa shape index (κ3) is 5.97. The van der Waals surface area contributed by atoms with Gasteiger partial charge >= 0.3 is 0 Å². The van der Waals surface area contributed by atoms with E-state index in [1.165, 1.54) is 12.0 Å². The molecule has 0 radical (unpaired) electrons. The fraction of sp³-hybridized carbons (Fsp3) is 0.179. The number of carbonyl (C=O) groups excluding carboxylic acids is 2. The van der Waals surface area contributed by atoms with E-state index in [1.807, 2.05) is 71.4 Å². The monoisotopic (exact) mass is 484 g/mol. The number of nitrogens with zero attached hydrogens (tertiary/aromatic N) is 3. The summed E-state index contributed by atoms with van der Waals surface area (Å²) < 4.78 is 12.2. The number of imidazole rings is 1. The SMILES string of the molecule is COCCN(CC(=O)Nc1nc(-c2ccccc2)cn1-c1ccccc1)C(=O)c1cccc(OC)c1. The van der Waals surface area contributed by atoms with E-state index < -0.39 is 0 Å². The summed E-state index contributed by atoms with van der Waals surface area (Å²) in [4.78, 5) is 32.5. The molecule has 0 saturated carbocycles. The highest BCUT2D eigenvalue weighted by Gasteiger charge is 2.21. The third-order valence-electron chi connectivity index (χ3n) is 5.56. The van der Waals surface area contributed by atoms with Crippen molar-refractivity contribution < 1.29 is 19.1 Å². The summed E-state index contributed by atoms with van der Waals surface area (Å²) in [5.74, 6) is 0.267. The number of hydrogen-bond donors (Lipinski definition) is 1. The Bertz CT molecular complexity index is 1310. The van der Waals surface area contributed by atoms with Gasteiger partial charge in [0.25, 0.3) is 5.91 Å². The molecule has 8 nitrogen and oxygen atoms in total. The van der Waals surface area contributed by atoms with Gasteiger partial charge in [0.2, 0.25) is 11.9 Å². The van der Waals surface area contributed by atoms with Crippen molar-refractivity contribution in [2.24, 2.45) is 0 Å². The number of ether oxygens (including phenoxy) is 2. The minimum Gasteiger partial charge on any atom is -0.497 e. The van der Waals surface area contributed by atoms with Crippen LogP contribution in [0.5, 0.6) is 5.75 Å². The smallest absolute Gasteiger partial charge is 0.254 e. The first kappa shape index (κ1) is 24.7. The number of hydrogen-bond acceptors (Lipinski definition) is 5.